The molecule has 1 N–H and O–H groups in total. The summed E-state index contributed by atoms with van der Waals surface area (Å²) < 4.78 is 5.21. The molecule has 0 aliphatic heterocycles. The van der Waals surface area contributed by atoms with Gasteiger partial charge >= 0.3 is 5.97 Å². The van der Waals surface area contributed by atoms with Gasteiger partial charge in [0, 0.05) is 12.2 Å². The highest BCUT2D eigenvalue weighted by molar-refractivity contribution is 6.29. The third kappa shape index (κ3) is 4.67. The van der Waals surface area contributed by atoms with E-state index in [-0.39, 0.29) is 17.5 Å². The van der Waals surface area contributed by atoms with E-state index in [0.29, 0.717) is 17.0 Å². The van der Waals surface area contributed by atoms with Gasteiger partial charge in [-0.2, -0.15) is 0 Å². The molecule has 0 saturated heterocycles. The first-order valence-electron chi connectivity index (χ1n) is 8.01. The molecule has 4 atom stereocenters. The molecule has 0 aromatic carbocycles. The summed E-state index contributed by atoms with van der Waals surface area (Å²) in [6.07, 6.45) is 3.77. The van der Waals surface area contributed by atoms with Gasteiger partial charge in [0.1, 0.15) is 5.15 Å². The zero-order valence-corrected chi connectivity index (χ0v) is 14.5. The fourth-order valence-corrected chi connectivity index (χ4v) is 2.98. The molecule has 0 unspecified atom stereocenters. The summed E-state index contributed by atoms with van der Waals surface area (Å²) in [5.74, 6) is 0.177. The molecule has 1 aliphatic carbocycles. The van der Waals surface area contributed by atoms with Gasteiger partial charge in [-0.05, 0) is 37.3 Å². The van der Waals surface area contributed by atoms with E-state index in [1.807, 2.05) is 0 Å². The maximum atomic E-state index is 12.3. The van der Waals surface area contributed by atoms with Crippen LogP contribution in [0.1, 0.15) is 50.4 Å². The van der Waals surface area contributed by atoms with E-state index in [1.54, 1.807) is 6.92 Å². The largest absolute Gasteiger partial charge is 0.449 e. The van der Waals surface area contributed by atoms with Crippen molar-refractivity contribution in [1.82, 2.24) is 10.3 Å². The van der Waals surface area contributed by atoms with Crippen molar-refractivity contribution in [2.75, 3.05) is 0 Å². The zero-order valence-electron chi connectivity index (χ0n) is 13.7. The van der Waals surface area contributed by atoms with E-state index in [2.05, 4.69) is 24.1 Å². The zero-order chi connectivity index (χ0) is 17.0. The highest BCUT2D eigenvalue weighted by Crippen LogP contribution is 2.29. The van der Waals surface area contributed by atoms with Gasteiger partial charge < -0.3 is 10.1 Å². The average Bonchev–Trinajstić information content (AvgIpc) is 2.52. The molecule has 2 rings (SSSR count). The standard InChI is InChI=1S/C17H23ClN2O3/c1-10-5-4-6-14(11(10)2)20-16(21)12(3)23-17(22)13-7-8-15(18)19-9-13/h7-12,14H,4-6H2,1-3H3,(H,20,21)/t10-,11-,12-,14-/m1/s1. The number of carbonyl (C=O) groups excluding carboxylic acids is 2. The van der Waals surface area contributed by atoms with Gasteiger partial charge in [0.05, 0.1) is 5.56 Å². The molecule has 0 spiro atoms. The number of halogens is 1. The molecular formula is C17H23ClN2O3. The molecule has 1 fully saturated rings. The highest BCUT2D eigenvalue weighted by Gasteiger charge is 2.30. The van der Waals surface area contributed by atoms with Gasteiger partial charge in [-0.3, -0.25) is 4.79 Å². The maximum absolute atomic E-state index is 12.3. The molecule has 1 heterocycles. The predicted octanol–water partition coefficient (Wildman–Crippen LogP) is 3.22. The Morgan fingerprint density at radius 1 is 1.35 bits per heavy atom. The lowest BCUT2D eigenvalue weighted by molar-refractivity contribution is -0.130. The smallest absolute Gasteiger partial charge is 0.340 e. The van der Waals surface area contributed by atoms with Crippen LogP contribution in [0.2, 0.25) is 5.15 Å². The Morgan fingerprint density at radius 2 is 2.09 bits per heavy atom. The molecule has 6 heteroatoms. The molecule has 1 aliphatic rings. The minimum atomic E-state index is -0.845. The topological polar surface area (TPSA) is 68.3 Å². The summed E-state index contributed by atoms with van der Waals surface area (Å²) >= 11 is 5.68. The Balaban J connectivity index is 1.89. The number of amides is 1. The van der Waals surface area contributed by atoms with Crippen LogP contribution in [-0.2, 0) is 9.53 Å². The van der Waals surface area contributed by atoms with Crippen molar-refractivity contribution in [1.29, 1.82) is 0 Å². The quantitative estimate of drug-likeness (QED) is 0.676. The number of nitrogens with one attached hydrogen (secondary N) is 1. The summed E-state index contributed by atoms with van der Waals surface area (Å²) in [5.41, 5.74) is 0.272. The van der Waals surface area contributed by atoms with E-state index in [4.69, 9.17) is 16.3 Å². The van der Waals surface area contributed by atoms with Crippen LogP contribution < -0.4 is 5.32 Å². The van der Waals surface area contributed by atoms with Crippen molar-refractivity contribution < 1.29 is 14.3 Å². The van der Waals surface area contributed by atoms with Crippen molar-refractivity contribution in [3.63, 3.8) is 0 Å². The van der Waals surface area contributed by atoms with Crippen molar-refractivity contribution in [2.45, 2.75) is 52.2 Å². The van der Waals surface area contributed by atoms with Crippen LogP contribution in [0.3, 0.4) is 0 Å². The van der Waals surface area contributed by atoms with Crippen LogP contribution in [0, 0.1) is 11.8 Å². The van der Waals surface area contributed by atoms with E-state index in [1.165, 1.54) is 24.8 Å². The Kier molecular flexibility index (Phi) is 5.99. The van der Waals surface area contributed by atoms with Gasteiger partial charge in [0.2, 0.25) is 0 Å². The Labute approximate surface area is 141 Å². The molecule has 126 valence electrons. The molecule has 23 heavy (non-hydrogen) atoms. The van der Waals surface area contributed by atoms with E-state index >= 15 is 0 Å². The lowest BCUT2D eigenvalue weighted by Gasteiger charge is -2.35. The summed E-state index contributed by atoms with van der Waals surface area (Å²) in [5, 5.41) is 3.31. The number of carbonyl (C=O) groups is 2. The lowest BCUT2D eigenvalue weighted by Crippen LogP contribution is -2.47. The Hall–Kier alpha value is -1.62. The molecule has 0 bridgehead atoms. The van der Waals surface area contributed by atoms with Crippen LogP contribution in [0.5, 0.6) is 0 Å². The first kappa shape index (κ1) is 17.7. The summed E-state index contributed by atoms with van der Waals surface area (Å²) in [6, 6.07) is 3.17. The number of rotatable bonds is 4. The van der Waals surface area contributed by atoms with Crippen LogP contribution in [0.25, 0.3) is 0 Å². The number of ether oxygens (including phenoxy) is 1. The molecular weight excluding hydrogens is 316 g/mol. The highest BCUT2D eigenvalue weighted by atomic mass is 35.5. The van der Waals surface area contributed by atoms with Crippen molar-refractivity contribution in [3.05, 3.63) is 29.0 Å². The first-order chi connectivity index (χ1) is 10.9. The maximum Gasteiger partial charge on any atom is 0.340 e. The molecule has 5 nitrogen and oxygen atoms in total. The number of hydrogen-bond donors (Lipinski definition) is 1. The predicted molar refractivity (Wildman–Crippen MR) is 88.2 cm³/mol. The molecule has 0 radical (unpaired) electrons. The minimum absolute atomic E-state index is 0.143. The summed E-state index contributed by atoms with van der Waals surface area (Å²) in [7, 11) is 0. The summed E-state index contributed by atoms with van der Waals surface area (Å²) in [6.45, 7) is 5.94. The average molecular weight is 339 g/mol. The first-order valence-corrected chi connectivity index (χ1v) is 8.39. The van der Waals surface area contributed by atoms with E-state index < -0.39 is 12.1 Å². The fourth-order valence-electron chi connectivity index (χ4n) is 2.86. The molecule has 1 saturated carbocycles. The lowest BCUT2D eigenvalue weighted by atomic mass is 9.78. The SMILES string of the molecule is C[C@@H]1[C@H](C)CCC[C@H]1NC(=O)[C@@H](C)OC(=O)c1ccc(Cl)nc1. The van der Waals surface area contributed by atoms with E-state index in [0.717, 1.165) is 12.8 Å². The second kappa shape index (κ2) is 7.77. The Bertz CT molecular complexity index is 561. The second-order valence-corrected chi connectivity index (χ2v) is 6.69. The minimum Gasteiger partial charge on any atom is -0.449 e. The fraction of sp³-hybridized carbons (Fsp3) is 0.588. The van der Waals surface area contributed by atoms with Crippen LogP contribution in [0.15, 0.2) is 18.3 Å². The molecule has 1 amide bonds. The van der Waals surface area contributed by atoms with Crippen LogP contribution in [-0.4, -0.2) is 29.0 Å². The number of pyridine rings is 1. The summed E-state index contributed by atoms with van der Waals surface area (Å²) in [4.78, 5) is 28.1. The van der Waals surface area contributed by atoms with Gasteiger partial charge in [0.15, 0.2) is 6.10 Å². The Morgan fingerprint density at radius 3 is 2.74 bits per heavy atom. The second-order valence-electron chi connectivity index (χ2n) is 6.30. The molecule has 1 aromatic rings. The van der Waals surface area contributed by atoms with Gasteiger partial charge in [-0.1, -0.05) is 38.3 Å². The number of hydrogen-bond acceptors (Lipinski definition) is 4. The van der Waals surface area contributed by atoms with Crippen LogP contribution >= 0.6 is 11.6 Å². The third-order valence-corrected chi connectivity index (χ3v) is 4.87. The van der Waals surface area contributed by atoms with Gasteiger partial charge in [-0.15, -0.1) is 0 Å². The number of nitrogens with zero attached hydrogens (tertiary/aromatic N) is 1. The molecule has 1 aromatic heterocycles. The van der Waals surface area contributed by atoms with Crippen LogP contribution in [0.4, 0.5) is 0 Å². The van der Waals surface area contributed by atoms with Gasteiger partial charge in [0.25, 0.3) is 5.91 Å². The van der Waals surface area contributed by atoms with Crippen molar-refractivity contribution in [2.24, 2.45) is 11.8 Å². The van der Waals surface area contributed by atoms with Crippen molar-refractivity contribution in [3.8, 4) is 0 Å². The van der Waals surface area contributed by atoms with E-state index in [9.17, 15) is 9.59 Å². The number of aromatic nitrogens is 1. The normalized spacial score (nSPS) is 25.5. The number of esters is 1. The monoisotopic (exact) mass is 338 g/mol. The van der Waals surface area contributed by atoms with Gasteiger partial charge in [-0.25, -0.2) is 9.78 Å². The van der Waals surface area contributed by atoms with Crippen molar-refractivity contribution >= 4 is 23.5 Å². The third-order valence-electron chi connectivity index (χ3n) is 4.65.